The summed E-state index contributed by atoms with van der Waals surface area (Å²) in [7, 11) is 0. The monoisotopic (exact) mass is 514 g/mol. The molecular formula is C28H50O6S. The molecule has 0 bridgehead atoms. The minimum absolute atomic E-state index is 0.0428. The molecule has 0 aromatic heterocycles. The van der Waals surface area contributed by atoms with E-state index in [-0.39, 0.29) is 19.0 Å². The van der Waals surface area contributed by atoms with Gasteiger partial charge in [0.1, 0.15) is 18.8 Å². The van der Waals surface area contributed by atoms with E-state index in [2.05, 4.69) is 13.5 Å². The molecular weight excluding hydrogens is 464 g/mol. The number of hydrogen-bond donors (Lipinski definition) is 0. The molecule has 0 aromatic carbocycles. The highest BCUT2D eigenvalue weighted by atomic mass is 32.2. The van der Waals surface area contributed by atoms with Crippen LogP contribution in [0, 0.1) is 5.92 Å². The predicted octanol–water partition coefficient (Wildman–Crippen LogP) is 7.04. The quantitative estimate of drug-likeness (QED) is 0.0663. The van der Waals surface area contributed by atoms with Crippen molar-refractivity contribution in [2.75, 3.05) is 24.7 Å². The summed E-state index contributed by atoms with van der Waals surface area (Å²) >= 11 is 1.46. The summed E-state index contributed by atoms with van der Waals surface area (Å²) in [5.74, 6) is -0.706. The molecule has 0 aromatic rings. The first kappa shape index (κ1) is 33.5. The van der Waals surface area contributed by atoms with E-state index in [4.69, 9.17) is 14.2 Å². The molecule has 0 aliphatic carbocycles. The number of hydrogen-bond acceptors (Lipinski definition) is 7. The number of unbranched alkanes of at least 4 members (excludes halogenated alkanes) is 10. The zero-order valence-corrected chi connectivity index (χ0v) is 23.6. The fourth-order valence-corrected chi connectivity index (χ4v) is 4.41. The third-order valence-electron chi connectivity index (χ3n) is 5.30. The molecule has 0 saturated carbocycles. The van der Waals surface area contributed by atoms with E-state index in [0.717, 1.165) is 12.8 Å². The van der Waals surface area contributed by atoms with Crippen LogP contribution in [0.4, 0.5) is 0 Å². The Kier molecular flexibility index (Phi) is 20.8. The standard InChI is InChI=1S/C28H50O6S/c1-6-8-9-10-11-12-13-14-15-16-17-18-25(29)32-20-21-35-23-24(27(31)33-19-7-2)22-26(30)34-28(3,4)5/h7,24H,2,6,8-23H2,1,3-5H3/t24-/m0/s1. The van der Waals surface area contributed by atoms with Crippen molar-refractivity contribution >= 4 is 29.7 Å². The molecule has 0 aliphatic rings. The molecule has 0 saturated heterocycles. The second-order valence-corrected chi connectivity index (χ2v) is 11.1. The number of rotatable bonds is 22. The van der Waals surface area contributed by atoms with Crippen molar-refractivity contribution in [3.05, 3.63) is 12.7 Å². The zero-order valence-electron chi connectivity index (χ0n) is 22.7. The van der Waals surface area contributed by atoms with E-state index >= 15 is 0 Å². The van der Waals surface area contributed by atoms with Gasteiger partial charge in [0.25, 0.3) is 0 Å². The first-order valence-electron chi connectivity index (χ1n) is 13.4. The Bertz CT molecular complexity index is 584. The van der Waals surface area contributed by atoms with E-state index in [1.165, 1.54) is 75.6 Å². The van der Waals surface area contributed by atoms with Gasteiger partial charge >= 0.3 is 17.9 Å². The van der Waals surface area contributed by atoms with Crippen molar-refractivity contribution in [3.8, 4) is 0 Å². The normalized spacial score (nSPS) is 12.1. The van der Waals surface area contributed by atoms with E-state index in [1.54, 1.807) is 20.8 Å². The van der Waals surface area contributed by atoms with Crippen molar-refractivity contribution in [3.63, 3.8) is 0 Å². The second kappa shape index (κ2) is 21.8. The molecule has 0 heterocycles. The smallest absolute Gasteiger partial charge is 0.310 e. The molecule has 7 heteroatoms. The Hall–Kier alpha value is -1.50. The molecule has 0 N–H and O–H groups in total. The largest absolute Gasteiger partial charge is 0.465 e. The highest BCUT2D eigenvalue weighted by Crippen LogP contribution is 2.18. The van der Waals surface area contributed by atoms with Crippen LogP contribution in [0.2, 0.25) is 0 Å². The minimum Gasteiger partial charge on any atom is -0.465 e. The van der Waals surface area contributed by atoms with Gasteiger partial charge in [-0.15, -0.1) is 0 Å². The number of esters is 3. The molecule has 0 unspecified atom stereocenters. The van der Waals surface area contributed by atoms with Gasteiger partial charge in [-0.1, -0.05) is 83.8 Å². The van der Waals surface area contributed by atoms with Crippen LogP contribution in [0.15, 0.2) is 12.7 Å². The van der Waals surface area contributed by atoms with Crippen molar-refractivity contribution in [2.45, 2.75) is 117 Å². The zero-order chi connectivity index (χ0) is 26.4. The van der Waals surface area contributed by atoms with Crippen LogP contribution in [0.3, 0.4) is 0 Å². The average molecular weight is 515 g/mol. The summed E-state index contributed by atoms with van der Waals surface area (Å²) in [6, 6.07) is 0. The number of carbonyl (C=O) groups excluding carboxylic acids is 3. The van der Waals surface area contributed by atoms with Crippen molar-refractivity contribution in [1.29, 1.82) is 0 Å². The summed E-state index contributed by atoms with van der Waals surface area (Å²) in [6.45, 7) is 11.5. The average Bonchev–Trinajstić information content (AvgIpc) is 2.78. The van der Waals surface area contributed by atoms with E-state index in [9.17, 15) is 14.4 Å². The maximum absolute atomic E-state index is 12.3. The lowest BCUT2D eigenvalue weighted by Gasteiger charge is -2.21. The molecule has 1 atom stereocenters. The van der Waals surface area contributed by atoms with Crippen LogP contribution in [-0.4, -0.2) is 48.2 Å². The molecule has 0 amide bonds. The first-order chi connectivity index (χ1) is 16.7. The van der Waals surface area contributed by atoms with E-state index in [1.807, 2.05) is 0 Å². The Morgan fingerprint density at radius 1 is 0.857 bits per heavy atom. The molecule has 35 heavy (non-hydrogen) atoms. The maximum atomic E-state index is 12.3. The Morgan fingerprint density at radius 3 is 1.97 bits per heavy atom. The van der Waals surface area contributed by atoms with Gasteiger partial charge in [-0.2, -0.15) is 11.8 Å². The lowest BCUT2D eigenvalue weighted by Crippen LogP contribution is -2.29. The predicted molar refractivity (Wildman–Crippen MR) is 144 cm³/mol. The highest BCUT2D eigenvalue weighted by Gasteiger charge is 2.26. The third kappa shape index (κ3) is 22.7. The maximum Gasteiger partial charge on any atom is 0.310 e. The molecule has 204 valence electrons. The SMILES string of the molecule is C=CCOC(=O)[C@H](CSCCOC(=O)CCCCCCCCCCCCC)CC(=O)OC(C)(C)C. The minimum atomic E-state index is -0.609. The molecule has 0 fully saturated rings. The molecule has 0 radical (unpaired) electrons. The summed E-state index contributed by atoms with van der Waals surface area (Å²) < 4.78 is 15.8. The van der Waals surface area contributed by atoms with Gasteiger partial charge in [0.15, 0.2) is 0 Å². The molecule has 0 spiro atoms. The lowest BCUT2D eigenvalue weighted by atomic mass is 10.1. The van der Waals surface area contributed by atoms with Gasteiger partial charge in [-0.05, 0) is 27.2 Å². The highest BCUT2D eigenvalue weighted by molar-refractivity contribution is 7.99. The topological polar surface area (TPSA) is 78.9 Å². The van der Waals surface area contributed by atoms with Crippen LogP contribution in [-0.2, 0) is 28.6 Å². The molecule has 0 aliphatic heterocycles. The van der Waals surface area contributed by atoms with Crippen LogP contribution in [0.25, 0.3) is 0 Å². The van der Waals surface area contributed by atoms with Gasteiger partial charge in [0, 0.05) is 17.9 Å². The van der Waals surface area contributed by atoms with E-state index < -0.39 is 23.5 Å². The van der Waals surface area contributed by atoms with Crippen molar-refractivity contribution in [1.82, 2.24) is 0 Å². The number of ether oxygens (including phenoxy) is 3. The van der Waals surface area contributed by atoms with Gasteiger partial charge in [0.2, 0.25) is 0 Å². The van der Waals surface area contributed by atoms with Crippen LogP contribution < -0.4 is 0 Å². The fraction of sp³-hybridized carbons (Fsp3) is 0.821. The second-order valence-electron chi connectivity index (χ2n) is 9.99. The van der Waals surface area contributed by atoms with E-state index in [0.29, 0.717) is 24.5 Å². The number of thioether (sulfide) groups is 1. The lowest BCUT2D eigenvalue weighted by molar-refractivity contribution is -0.160. The van der Waals surface area contributed by atoms with Crippen LogP contribution >= 0.6 is 11.8 Å². The summed E-state index contributed by atoms with van der Waals surface area (Å²) in [6.07, 6.45) is 15.6. The van der Waals surface area contributed by atoms with Crippen molar-refractivity contribution < 1.29 is 28.6 Å². The van der Waals surface area contributed by atoms with Crippen LogP contribution in [0.1, 0.15) is 111 Å². The summed E-state index contributed by atoms with van der Waals surface area (Å²) in [5, 5.41) is 0. The Labute approximate surface area is 218 Å². The number of carbonyl (C=O) groups is 3. The molecule has 6 nitrogen and oxygen atoms in total. The Morgan fingerprint density at radius 2 is 1.43 bits per heavy atom. The Balaban J connectivity index is 3.93. The van der Waals surface area contributed by atoms with Gasteiger partial charge in [-0.3, -0.25) is 14.4 Å². The first-order valence-corrected chi connectivity index (χ1v) is 14.6. The van der Waals surface area contributed by atoms with Gasteiger partial charge < -0.3 is 14.2 Å². The van der Waals surface area contributed by atoms with Crippen molar-refractivity contribution in [2.24, 2.45) is 5.92 Å². The van der Waals surface area contributed by atoms with Gasteiger partial charge in [-0.25, -0.2) is 0 Å². The van der Waals surface area contributed by atoms with Crippen LogP contribution in [0.5, 0.6) is 0 Å². The fourth-order valence-electron chi connectivity index (χ4n) is 3.50. The third-order valence-corrected chi connectivity index (χ3v) is 6.40. The summed E-state index contributed by atoms with van der Waals surface area (Å²) in [5.41, 5.74) is -0.609. The van der Waals surface area contributed by atoms with Gasteiger partial charge in [0.05, 0.1) is 12.3 Å². The molecule has 0 rings (SSSR count). The summed E-state index contributed by atoms with van der Waals surface area (Å²) in [4.78, 5) is 36.4.